The van der Waals surface area contributed by atoms with Crippen LogP contribution in [0.2, 0.25) is 0 Å². The Hall–Kier alpha value is -2.38. The molecule has 0 saturated carbocycles. The summed E-state index contributed by atoms with van der Waals surface area (Å²) in [5, 5.41) is 11.1. The largest absolute Gasteiger partial charge is 0.480 e. The maximum Gasteiger partial charge on any atom is 0.319 e. The molecule has 1 N–H and O–H groups in total. The molecule has 7 heteroatoms. The number of carbonyl (C=O) groups is 2. The molecule has 4 rings (SSSR count). The predicted octanol–water partition coefficient (Wildman–Crippen LogP) is 5.33. The van der Waals surface area contributed by atoms with Crippen LogP contribution in [0.4, 0.5) is 0 Å². The highest BCUT2D eigenvalue weighted by Gasteiger charge is 2.35. The summed E-state index contributed by atoms with van der Waals surface area (Å²) in [6, 6.07) is 8.35. The summed E-state index contributed by atoms with van der Waals surface area (Å²) in [6.07, 6.45) is 5.50. The lowest BCUT2D eigenvalue weighted by atomic mass is 9.83. The Morgan fingerprint density at radius 3 is 2.87 bits per heavy atom. The average molecular weight is 456 g/mol. The summed E-state index contributed by atoms with van der Waals surface area (Å²) in [7, 11) is 0. The van der Waals surface area contributed by atoms with Gasteiger partial charge in [0.25, 0.3) is 0 Å². The van der Waals surface area contributed by atoms with E-state index in [4.69, 9.17) is 4.74 Å². The van der Waals surface area contributed by atoms with Crippen LogP contribution in [0.5, 0.6) is 0 Å². The number of allylic oxidation sites excluding steroid dienone is 3. The molecule has 162 valence electrons. The molecule has 1 aromatic carbocycles. The highest BCUT2D eigenvalue weighted by Crippen LogP contribution is 2.48. The van der Waals surface area contributed by atoms with Crippen LogP contribution in [0.15, 0.2) is 51.7 Å². The van der Waals surface area contributed by atoms with Crippen molar-refractivity contribution in [1.82, 2.24) is 4.98 Å². The molecule has 0 saturated heterocycles. The summed E-state index contributed by atoms with van der Waals surface area (Å²) in [4.78, 5) is 28.3. The molecule has 1 aromatic heterocycles. The molecule has 2 aromatic rings. The monoisotopic (exact) mass is 455 g/mol. The highest BCUT2D eigenvalue weighted by atomic mass is 32.2. The van der Waals surface area contributed by atoms with Crippen LogP contribution in [0.1, 0.15) is 49.9 Å². The third-order valence-corrected chi connectivity index (χ3v) is 7.91. The number of thioether (sulfide) groups is 1. The van der Waals surface area contributed by atoms with E-state index in [0.29, 0.717) is 22.6 Å². The summed E-state index contributed by atoms with van der Waals surface area (Å²) >= 11 is 2.53. The van der Waals surface area contributed by atoms with Crippen molar-refractivity contribution in [3.63, 3.8) is 0 Å². The molecule has 2 unspecified atom stereocenters. The Bertz CT molecular complexity index is 1080. The van der Waals surface area contributed by atoms with Gasteiger partial charge in [0.2, 0.25) is 0 Å². The van der Waals surface area contributed by atoms with E-state index in [9.17, 15) is 14.7 Å². The molecule has 1 heterocycles. The number of aromatic nitrogens is 1. The van der Waals surface area contributed by atoms with Crippen molar-refractivity contribution in [2.24, 2.45) is 5.92 Å². The summed E-state index contributed by atoms with van der Waals surface area (Å²) < 4.78 is 5.37. The zero-order valence-electron chi connectivity index (χ0n) is 17.8. The van der Waals surface area contributed by atoms with Crippen LogP contribution in [0, 0.1) is 5.92 Å². The van der Waals surface area contributed by atoms with Crippen LogP contribution < -0.4 is 0 Å². The van der Waals surface area contributed by atoms with Crippen molar-refractivity contribution in [3.8, 4) is 0 Å². The fourth-order valence-electron chi connectivity index (χ4n) is 4.10. The number of thiazole rings is 1. The van der Waals surface area contributed by atoms with Gasteiger partial charge in [0, 0.05) is 11.3 Å². The fourth-order valence-corrected chi connectivity index (χ4v) is 6.29. The molecule has 0 amide bonds. The zero-order valence-corrected chi connectivity index (χ0v) is 19.4. The Kier molecular flexibility index (Phi) is 6.08. The Balaban J connectivity index is 1.41. The standard InChI is InChI=1S/C24H25NO4S2/c1-14-7-6-10-18-16-8-4-5-9-17(16)19(21(14)18)12-29-20(26)11-15-13-30-23(25-15)31-24(2,3)22(27)28/h4-6,8-10,13-14,19H,7,11-12H2,1-3H3,(H,27,28). The molecule has 2 aliphatic carbocycles. The van der Waals surface area contributed by atoms with Gasteiger partial charge in [-0.1, -0.05) is 55.1 Å². The molecular formula is C24H25NO4S2. The third-order valence-electron chi connectivity index (χ3n) is 5.74. The van der Waals surface area contributed by atoms with E-state index in [1.165, 1.54) is 45.4 Å². The van der Waals surface area contributed by atoms with Crippen LogP contribution in [0.25, 0.3) is 5.57 Å². The van der Waals surface area contributed by atoms with Gasteiger partial charge in [-0.2, -0.15) is 0 Å². The van der Waals surface area contributed by atoms with Crippen LogP contribution >= 0.6 is 23.1 Å². The van der Waals surface area contributed by atoms with Crippen molar-refractivity contribution < 1.29 is 19.4 Å². The maximum absolute atomic E-state index is 12.5. The zero-order chi connectivity index (χ0) is 22.2. The topological polar surface area (TPSA) is 76.5 Å². The minimum Gasteiger partial charge on any atom is -0.480 e. The number of carbonyl (C=O) groups excluding carboxylic acids is 1. The van der Waals surface area contributed by atoms with Crippen LogP contribution in [0.3, 0.4) is 0 Å². The van der Waals surface area contributed by atoms with E-state index in [2.05, 4.69) is 42.3 Å². The molecule has 0 aliphatic heterocycles. The minimum atomic E-state index is -0.970. The minimum absolute atomic E-state index is 0.0836. The van der Waals surface area contributed by atoms with Gasteiger partial charge in [-0.3, -0.25) is 9.59 Å². The number of benzene rings is 1. The number of carboxylic acid groups (broad SMARTS) is 1. The molecular weight excluding hydrogens is 430 g/mol. The molecule has 5 nitrogen and oxygen atoms in total. The quantitative estimate of drug-likeness (QED) is 0.449. The number of aliphatic carboxylic acids is 1. The first-order valence-corrected chi connectivity index (χ1v) is 12.0. The second-order valence-corrected chi connectivity index (χ2v) is 11.2. The lowest BCUT2D eigenvalue weighted by molar-refractivity contribution is -0.143. The van der Waals surface area contributed by atoms with E-state index < -0.39 is 10.7 Å². The molecule has 2 atom stereocenters. The smallest absolute Gasteiger partial charge is 0.319 e. The lowest BCUT2D eigenvalue weighted by Crippen LogP contribution is -2.26. The second-order valence-electron chi connectivity index (χ2n) is 8.43. The van der Waals surface area contributed by atoms with E-state index in [1.54, 1.807) is 19.2 Å². The second kappa shape index (κ2) is 8.63. The van der Waals surface area contributed by atoms with Gasteiger partial charge in [0.1, 0.15) is 11.4 Å². The number of carboxylic acids is 1. The number of hydrogen-bond acceptors (Lipinski definition) is 6. The molecule has 2 aliphatic rings. The highest BCUT2D eigenvalue weighted by molar-refractivity contribution is 8.03. The number of esters is 1. The molecule has 0 bridgehead atoms. The van der Waals surface area contributed by atoms with Crippen LogP contribution in [-0.4, -0.2) is 33.4 Å². The summed E-state index contributed by atoms with van der Waals surface area (Å²) in [6.45, 7) is 5.83. The van der Waals surface area contributed by atoms with E-state index >= 15 is 0 Å². The summed E-state index contributed by atoms with van der Waals surface area (Å²) in [5.74, 6) is -0.698. The predicted molar refractivity (Wildman–Crippen MR) is 123 cm³/mol. The molecule has 31 heavy (non-hydrogen) atoms. The fraction of sp³-hybridized carbons (Fsp3) is 0.375. The number of ether oxygens (including phenoxy) is 1. The van der Waals surface area contributed by atoms with Gasteiger partial charge in [0.15, 0.2) is 4.34 Å². The van der Waals surface area contributed by atoms with Gasteiger partial charge in [0.05, 0.1) is 12.1 Å². The van der Waals surface area contributed by atoms with Crippen molar-refractivity contribution in [1.29, 1.82) is 0 Å². The van der Waals surface area contributed by atoms with Gasteiger partial charge in [-0.05, 0) is 48.5 Å². The van der Waals surface area contributed by atoms with E-state index in [0.717, 1.165) is 6.42 Å². The van der Waals surface area contributed by atoms with E-state index in [-0.39, 0.29) is 18.3 Å². The molecule has 0 radical (unpaired) electrons. The first-order valence-electron chi connectivity index (χ1n) is 10.3. The maximum atomic E-state index is 12.5. The van der Waals surface area contributed by atoms with Crippen molar-refractivity contribution in [3.05, 3.63) is 64.2 Å². The normalized spacial score (nSPS) is 19.8. The summed E-state index contributed by atoms with van der Waals surface area (Å²) in [5.41, 5.74) is 5.71. The van der Waals surface area contributed by atoms with Crippen molar-refractivity contribution in [2.45, 2.75) is 48.6 Å². The van der Waals surface area contributed by atoms with Gasteiger partial charge in [-0.25, -0.2) is 4.98 Å². The number of nitrogens with zero attached hydrogens (tertiary/aromatic N) is 1. The molecule has 0 fully saturated rings. The lowest BCUT2D eigenvalue weighted by Gasteiger charge is -2.23. The Morgan fingerprint density at radius 2 is 2.10 bits per heavy atom. The first-order chi connectivity index (χ1) is 14.8. The third kappa shape index (κ3) is 4.48. The van der Waals surface area contributed by atoms with E-state index in [1.807, 2.05) is 6.07 Å². The number of hydrogen-bond donors (Lipinski definition) is 1. The Morgan fingerprint density at radius 1 is 1.32 bits per heavy atom. The van der Waals surface area contributed by atoms with Crippen molar-refractivity contribution in [2.75, 3.05) is 6.61 Å². The molecule has 0 spiro atoms. The Labute approximate surface area is 190 Å². The van der Waals surface area contributed by atoms with Gasteiger partial charge < -0.3 is 9.84 Å². The van der Waals surface area contributed by atoms with Gasteiger partial charge in [-0.15, -0.1) is 11.3 Å². The first kappa shape index (κ1) is 21.8. The number of fused-ring (bicyclic) bond motifs is 2. The SMILES string of the molecule is CC1CC=CC2=C1C(COC(=O)Cc1csc(SC(C)(C)C(=O)O)n1)c1ccccc12. The van der Waals surface area contributed by atoms with Gasteiger partial charge >= 0.3 is 11.9 Å². The van der Waals surface area contributed by atoms with Crippen molar-refractivity contribution >= 4 is 40.6 Å². The number of rotatable bonds is 7. The van der Waals surface area contributed by atoms with Crippen LogP contribution in [-0.2, 0) is 20.7 Å². The average Bonchev–Trinajstić information content (AvgIpc) is 3.28.